The fourth-order valence-electron chi connectivity index (χ4n) is 5.50. The number of rotatable bonds is 4. The number of aliphatic hydroxyl groups is 1. The fourth-order valence-corrected chi connectivity index (χ4v) is 5.50. The Balaban J connectivity index is 1.75. The molecule has 19 heavy (non-hydrogen) atoms. The predicted molar refractivity (Wildman–Crippen MR) is 72.4 cm³/mol. The van der Waals surface area contributed by atoms with Crippen molar-refractivity contribution in [3.05, 3.63) is 0 Å². The Morgan fingerprint density at radius 3 is 2.11 bits per heavy atom. The standard InChI is InChI=1S/C16H26O3/c1-3-19-15(18)14(17)10(2)16-7-11-4-12(8-16)6-13(5-11)9-16/h10-14,17H,3-9H2,1-2H3. The molecular weight excluding hydrogens is 240 g/mol. The first-order chi connectivity index (χ1) is 9.04. The molecule has 4 bridgehead atoms. The van der Waals surface area contributed by atoms with E-state index < -0.39 is 12.1 Å². The summed E-state index contributed by atoms with van der Waals surface area (Å²) in [7, 11) is 0. The molecule has 4 saturated carbocycles. The number of ether oxygens (including phenoxy) is 1. The molecule has 4 rings (SSSR count). The molecule has 1 N–H and O–H groups in total. The highest BCUT2D eigenvalue weighted by Crippen LogP contribution is 2.63. The van der Waals surface area contributed by atoms with Crippen molar-refractivity contribution in [1.29, 1.82) is 0 Å². The average Bonchev–Trinajstić information content (AvgIpc) is 2.35. The second-order valence-electron chi connectivity index (χ2n) is 7.27. The van der Waals surface area contributed by atoms with E-state index in [-0.39, 0.29) is 11.3 Å². The minimum Gasteiger partial charge on any atom is -0.464 e. The summed E-state index contributed by atoms with van der Waals surface area (Å²) in [6.07, 6.45) is 6.89. The zero-order valence-electron chi connectivity index (χ0n) is 12.1. The summed E-state index contributed by atoms with van der Waals surface area (Å²) in [6, 6.07) is 0. The van der Waals surface area contributed by atoms with Crippen molar-refractivity contribution >= 4 is 5.97 Å². The van der Waals surface area contributed by atoms with Crippen molar-refractivity contribution in [1.82, 2.24) is 0 Å². The van der Waals surface area contributed by atoms with Crippen LogP contribution in [0, 0.1) is 29.1 Å². The second kappa shape index (κ2) is 4.76. The molecule has 0 aliphatic heterocycles. The minimum absolute atomic E-state index is 0.0416. The Morgan fingerprint density at radius 1 is 1.21 bits per heavy atom. The highest BCUT2D eigenvalue weighted by molar-refractivity contribution is 5.74. The third kappa shape index (κ3) is 2.20. The van der Waals surface area contributed by atoms with Gasteiger partial charge in [0.05, 0.1) is 6.61 Å². The Hall–Kier alpha value is -0.570. The van der Waals surface area contributed by atoms with Gasteiger partial charge in [-0.2, -0.15) is 0 Å². The van der Waals surface area contributed by atoms with Gasteiger partial charge in [-0.15, -0.1) is 0 Å². The van der Waals surface area contributed by atoms with Crippen molar-refractivity contribution in [2.45, 2.75) is 58.5 Å². The second-order valence-corrected chi connectivity index (χ2v) is 7.27. The van der Waals surface area contributed by atoms with Crippen LogP contribution in [0.5, 0.6) is 0 Å². The lowest BCUT2D eigenvalue weighted by Crippen LogP contribution is -2.52. The SMILES string of the molecule is CCOC(=O)C(O)C(C)C12CC3CC(CC(C3)C1)C2. The molecule has 4 aliphatic carbocycles. The van der Waals surface area contributed by atoms with Crippen LogP contribution in [0.1, 0.15) is 52.4 Å². The van der Waals surface area contributed by atoms with Gasteiger partial charge in [0.25, 0.3) is 0 Å². The number of aliphatic hydroxyl groups excluding tert-OH is 1. The molecule has 0 saturated heterocycles. The summed E-state index contributed by atoms with van der Waals surface area (Å²) in [5, 5.41) is 10.3. The van der Waals surface area contributed by atoms with Gasteiger partial charge in [-0.05, 0) is 74.5 Å². The summed E-state index contributed by atoms with van der Waals surface area (Å²) in [4.78, 5) is 11.8. The average molecular weight is 266 g/mol. The highest BCUT2D eigenvalue weighted by atomic mass is 16.5. The van der Waals surface area contributed by atoms with Gasteiger partial charge in [0.2, 0.25) is 0 Å². The Kier molecular flexibility index (Phi) is 3.36. The molecule has 2 unspecified atom stereocenters. The van der Waals surface area contributed by atoms with Gasteiger partial charge < -0.3 is 9.84 Å². The molecular formula is C16H26O3. The number of carbonyl (C=O) groups excluding carboxylic acids is 1. The molecule has 108 valence electrons. The van der Waals surface area contributed by atoms with Crippen LogP contribution < -0.4 is 0 Å². The van der Waals surface area contributed by atoms with E-state index in [9.17, 15) is 9.90 Å². The maximum absolute atomic E-state index is 11.8. The lowest BCUT2D eigenvalue weighted by atomic mass is 9.46. The maximum Gasteiger partial charge on any atom is 0.335 e. The molecule has 2 atom stereocenters. The first-order valence-corrected chi connectivity index (χ1v) is 7.89. The predicted octanol–water partition coefficient (Wildman–Crippen LogP) is 2.76. The van der Waals surface area contributed by atoms with E-state index in [1.807, 2.05) is 0 Å². The van der Waals surface area contributed by atoms with Crippen molar-refractivity contribution in [2.75, 3.05) is 6.61 Å². The third-order valence-electron chi connectivity index (χ3n) is 6.05. The lowest BCUT2D eigenvalue weighted by molar-refractivity contribution is -0.166. The van der Waals surface area contributed by atoms with Crippen LogP contribution in [0.2, 0.25) is 0 Å². The van der Waals surface area contributed by atoms with E-state index in [2.05, 4.69) is 6.92 Å². The van der Waals surface area contributed by atoms with E-state index in [1.165, 1.54) is 38.5 Å². The molecule has 0 amide bonds. The molecule has 0 radical (unpaired) electrons. The minimum atomic E-state index is -0.934. The van der Waals surface area contributed by atoms with Crippen molar-refractivity contribution in [3.63, 3.8) is 0 Å². The van der Waals surface area contributed by atoms with E-state index in [1.54, 1.807) is 6.92 Å². The van der Waals surface area contributed by atoms with Crippen molar-refractivity contribution in [2.24, 2.45) is 29.1 Å². The normalized spacial score (nSPS) is 43.0. The molecule has 0 heterocycles. The molecule has 3 heteroatoms. The lowest BCUT2D eigenvalue weighted by Gasteiger charge is -2.59. The van der Waals surface area contributed by atoms with Gasteiger partial charge >= 0.3 is 5.97 Å². The van der Waals surface area contributed by atoms with Crippen LogP contribution in [0.3, 0.4) is 0 Å². The summed E-state index contributed by atoms with van der Waals surface area (Å²) < 4.78 is 5.00. The van der Waals surface area contributed by atoms with E-state index >= 15 is 0 Å². The summed E-state index contributed by atoms with van der Waals surface area (Å²) in [6.45, 7) is 4.21. The molecule has 4 fully saturated rings. The first-order valence-electron chi connectivity index (χ1n) is 7.89. The summed E-state index contributed by atoms with van der Waals surface area (Å²) in [5.74, 6) is 2.17. The third-order valence-corrected chi connectivity index (χ3v) is 6.05. The van der Waals surface area contributed by atoms with Crippen LogP contribution >= 0.6 is 0 Å². The molecule has 0 aromatic rings. The number of hydrogen-bond donors (Lipinski definition) is 1. The summed E-state index contributed by atoms with van der Waals surface area (Å²) in [5.41, 5.74) is 0.209. The van der Waals surface area contributed by atoms with Crippen LogP contribution in [-0.4, -0.2) is 23.8 Å². The van der Waals surface area contributed by atoms with Gasteiger partial charge in [-0.25, -0.2) is 4.79 Å². The maximum atomic E-state index is 11.8. The largest absolute Gasteiger partial charge is 0.464 e. The van der Waals surface area contributed by atoms with Crippen LogP contribution in [-0.2, 0) is 9.53 Å². The van der Waals surface area contributed by atoms with Crippen LogP contribution in [0.15, 0.2) is 0 Å². The van der Waals surface area contributed by atoms with E-state index in [0.29, 0.717) is 6.61 Å². The smallest absolute Gasteiger partial charge is 0.335 e. The topological polar surface area (TPSA) is 46.5 Å². The molecule has 0 aromatic heterocycles. The number of carbonyl (C=O) groups is 1. The first kappa shape index (κ1) is 13.4. The van der Waals surface area contributed by atoms with Gasteiger partial charge in [0.1, 0.15) is 0 Å². The highest BCUT2D eigenvalue weighted by Gasteiger charge is 2.55. The zero-order valence-corrected chi connectivity index (χ0v) is 12.1. The fraction of sp³-hybridized carbons (Fsp3) is 0.938. The number of esters is 1. The van der Waals surface area contributed by atoms with Gasteiger partial charge in [0, 0.05) is 0 Å². The van der Waals surface area contributed by atoms with Gasteiger partial charge in [-0.3, -0.25) is 0 Å². The monoisotopic (exact) mass is 266 g/mol. The number of hydrogen-bond acceptors (Lipinski definition) is 3. The zero-order chi connectivity index (χ0) is 13.6. The van der Waals surface area contributed by atoms with E-state index in [0.717, 1.165) is 17.8 Å². The van der Waals surface area contributed by atoms with Gasteiger partial charge in [0.15, 0.2) is 6.10 Å². The molecule has 0 spiro atoms. The Bertz CT molecular complexity index is 328. The van der Waals surface area contributed by atoms with Crippen LogP contribution in [0.4, 0.5) is 0 Å². The molecule has 4 aliphatic rings. The Morgan fingerprint density at radius 2 is 1.68 bits per heavy atom. The van der Waals surface area contributed by atoms with Gasteiger partial charge in [-0.1, -0.05) is 6.92 Å². The Labute approximate surface area is 115 Å². The van der Waals surface area contributed by atoms with Crippen molar-refractivity contribution in [3.8, 4) is 0 Å². The quantitative estimate of drug-likeness (QED) is 0.796. The van der Waals surface area contributed by atoms with Crippen LogP contribution in [0.25, 0.3) is 0 Å². The van der Waals surface area contributed by atoms with Crippen molar-refractivity contribution < 1.29 is 14.6 Å². The summed E-state index contributed by atoms with van der Waals surface area (Å²) >= 11 is 0. The molecule has 0 aromatic carbocycles. The van der Waals surface area contributed by atoms with E-state index in [4.69, 9.17) is 4.74 Å². The molecule has 3 nitrogen and oxygen atoms in total.